The van der Waals surface area contributed by atoms with E-state index in [1.807, 2.05) is 84.9 Å². The van der Waals surface area contributed by atoms with Crippen LogP contribution < -0.4 is 15.6 Å². The lowest BCUT2D eigenvalue weighted by Gasteiger charge is -2.24. The maximum absolute atomic E-state index is 13.7. The van der Waals surface area contributed by atoms with Crippen molar-refractivity contribution < 1.29 is 4.74 Å². The molecule has 0 saturated carbocycles. The molecule has 2 N–H and O–H groups in total. The first kappa shape index (κ1) is 19.6. The summed E-state index contributed by atoms with van der Waals surface area (Å²) in [5, 5.41) is 3.31. The monoisotopic (exact) mass is 423 g/mol. The van der Waals surface area contributed by atoms with Crippen molar-refractivity contribution in [2.45, 2.75) is 6.04 Å². The van der Waals surface area contributed by atoms with E-state index in [1.165, 1.54) is 6.33 Å². The van der Waals surface area contributed by atoms with Crippen molar-refractivity contribution in [3.05, 3.63) is 113 Å². The quantitative estimate of drug-likeness (QED) is 0.420. The molecule has 158 valence electrons. The predicted octanol–water partition coefficient (Wildman–Crippen LogP) is 4.51. The number of H-pyrrole nitrogens is 1. The van der Waals surface area contributed by atoms with Gasteiger partial charge in [-0.2, -0.15) is 4.98 Å². The molecule has 0 aliphatic rings. The summed E-state index contributed by atoms with van der Waals surface area (Å²) in [6, 6.07) is 26.9. The van der Waals surface area contributed by atoms with Gasteiger partial charge in [-0.15, -0.1) is 0 Å². The highest BCUT2D eigenvalue weighted by Gasteiger charge is 2.24. The molecule has 3 aromatic carbocycles. The standard InChI is InChI=1S/C25H21N5O2/c1-32-20-14-12-19(13-15-20)28-25-29-23-21(26-16-27-23)24(31)30(25)22(17-8-4-2-5-9-17)18-10-6-3-7-11-18/h2-16,22H,1H3,(H,26,27)(H,28,29). The van der Waals surface area contributed by atoms with Crippen molar-refractivity contribution in [1.82, 2.24) is 19.5 Å². The highest BCUT2D eigenvalue weighted by atomic mass is 16.5. The van der Waals surface area contributed by atoms with E-state index in [4.69, 9.17) is 4.74 Å². The highest BCUT2D eigenvalue weighted by Crippen LogP contribution is 2.29. The van der Waals surface area contributed by atoms with Gasteiger partial charge in [-0.05, 0) is 35.4 Å². The smallest absolute Gasteiger partial charge is 0.281 e. The van der Waals surface area contributed by atoms with Crippen LogP contribution in [-0.2, 0) is 0 Å². The second-order valence-corrected chi connectivity index (χ2v) is 7.29. The fourth-order valence-corrected chi connectivity index (χ4v) is 3.79. The summed E-state index contributed by atoms with van der Waals surface area (Å²) in [5.74, 6) is 1.15. The molecule has 5 rings (SSSR count). The van der Waals surface area contributed by atoms with Crippen molar-refractivity contribution in [3.8, 4) is 5.75 Å². The van der Waals surface area contributed by atoms with E-state index >= 15 is 0 Å². The minimum atomic E-state index is -0.383. The van der Waals surface area contributed by atoms with Crippen LogP contribution in [0.2, 0.25) is 0 Å². The first-order chi connectivity index (χ1) is 15.7. The molecule has 2 heterocycles. The van der Waals surface area contributed by atoms with Gasteiger partial charge in [0.15, 0.2) is 11.2 Å². The zero-order valence-corrected chi connectivity index (χ0v) is 17.4. The van der Waals surface area contributed by atoms with Crippen molar-refractivity contribution in [3.63, 3.8) is 0 Å². The molecule has 0 amide bonds. The number of hydrogen-bond donors (Lipinski definition) is 2. The van der Waals surface area contributed by atoms with Gasteiger partial charge in [-0.25, -0.2) is 4.98 Å². The average molecular weight is 423 g/mol. The molecule has 0 aliphatic heterocycles. The van der Waals surface area contributed by atoms with Crippen LogP contribution in [0.25, 0.3) is 11.2 Å². The molecule has 0 aliphatic carbocycles. The molecule has 7 nitrogen and oxygen atoms in total. The first-order valence-electron chi connectivity index (χ1n) is 10.2. The molecule has 5 aromatic rings. The maximum atomic E-state index is 13.7. The van der Waals surface area contributed by atoms with Crippen LogP contribution in [0.15, 0.2) is 96.1 Å². The van der Waals surface area contributed by atoms with E-state index in [2.05, 4.69) is 20.3 Å². The highest BCUT2D eigenvalue weighted by molar-refractivity contribution is 5.71. The summed E-state index contributed by atoms with van der Waals surface area (Å²) in [5.41, 5.74) is 3.24. The van der Waals surface area contributed by atoms with Gasteiger partial charge in [-0.3, -0.25) is 9.36 Å². The first-order valence-corrected chi connectivity index (χ1v) is 10.2. The van der Waals surface area contributed by atoms with Crippen LogP contribution in [0.4, 0.5) is 11.6 Å². The van der Waals surface area contributed by atoms with E-state index in [0.717, 1.165) is 22.6 Å². The predicted molar refractivity (Wildman–Crippen MR) is 125 cm³/mol. The lowest BCUT2D eigenvalue weighted by Crippen LogP contribution is -2.29. The van der Waals surface area contributed by atoms with Crippen LogP contribution >= 0.6 is 0 Å². The lowest BCUT2D eigenvalue weighted by molar-refractivity contribution is 0.415. The minimum absolute atomic E-state index is 0.207. The summed E-state index contributed by atoms with van der Waals surface area (Å²) >= 11 is 0. The van der Waals surface area contributed by atoms with E-state index in [-0.39, 0.29) is 11.6 Å². The Hall–Kier alpha value is -4.39. The Morgan fingerprint density at radius 2 is 1.53 bits per heavy atom. The fraction of sp³-hybridized carbons (Fsp3) is 0.0800. The Labute approximate surface area is 184 Å². The van der Waals surface area contributed by atoms with Gasteiger partial charge in [0.1, 0.15) is 5.75 Å². The summed E-state index contributed by atoms with van der Waals surface area (Å²) in [6.07, 6.45) is 1.49. The number of ether oxygens (including phenoxy) is 1. The Morgan fingerprint density at radius 1 is 0.906 bits per heavy atom. The summed E-state index contributed by atoms with van der Waals surface area (Å²) < 4.78 is 6.93. The SMILES string of the molecule is COc1ccc(Nc2nc3nc[nH]c3c(=O)n2C(c2ccccc2)c2ccccc2)cc1. The molecule has 32 heavy (non-hydrogen) atoms. The van der Waals surface area contributed by atoms with Crippen LogP contribution in [0.1, 0.15) is 17.2 Å². The van der Waals surface area contributed by atoms with Gasteiger partial charge < -0.3 is 15.0 Å². The van der Waals surface area contributed by atoms with Crippen LogP contribution in [0.3, 0.4) is 0 Å². The Balaban J connectivity index is 1.74. The summed E-state index contributed by atoms with van der Waals surface area (Å²) in [4.78, 5) is 25.5. The summed E-state index contributed by atoms with van der Waals surface area (Å²) in [7, 11) is 1.62. The Bertz CT molecular complexity index is 1350. The molecular weight excluding hydrogens is 402 g/mol. The number of rotatable bonds is 6. The molecule has 0 spiro atoms. The molecule has 0 unspecified atom stereocenters. The average Bonchev–Trinajstić information content (AvgIpc) is 3.32. The van der Waals surface area contributed by atoms with Gasteiger partial charge >= 0.3 is 0 Å². The van der Waals surface area contributed by atoms with E-state index < -0.39 is 0 Å². The number of hydrogen-bond acceptors (Lipinski definition) is 5. The molecule has 7 heteroatoms. The van der Waals surface area contributed by atoms with Crippen molar-refractivity contribution >= 4 is 22.8 Å². The van der Waals surface area contributed by atoms with Crippen molar-refractivity contribution in [2.24, 2.45) is 0 Å². The minimum Gasteiger partial charge on any atom is -0.497 e. The van der Waals surface area contributed by atoms with Gasteiger partial charge in [-0.1, -0.05) is 60.7 Å². The number of fused-ring (bicyclic) bond motifs is 1. The third-order valence-corrected chi connectivity index (χ3v) is 5.33. The van der Waals surface area contributed by atoms with E-state index in [0.29, 0.717) is 17.1 Å². The van der Waals surface area contributed by atoms with Gasteiger partial charge in [0.2, 0.25) is 5.95 Å². The van der Waals surface area contributed by atoms with E-state index in [9.17, 15) is 4.79 Å². The van der Waals surface area contributed by atoms with Crippen LogP contribution in [0, 0.1) is 0 Å². The van der Waals surface area contributed by atoms with Crippen molar-refractivity contribution in [1.29, 1.82) is 0 Å². The number of aromatic nitrogens is 4. The van der Waals surface area contributed by atoms with Crippen LogP contribution in [-0.4, -0.2) is 26.6 Å². The zero-order valence-electron chi connectivity index (χ0n) is 17.4. The normalized spacial score (nSPS) is 11.1. The second kappa shape index (κ2) is 8.39. The fourth-order valence-electron chi connectivity index (χ4n) is 3.79. The topological polar surface area (TPSA) is 84.8 Å². The number of nitrogens with one attached hydrogen (secondary N) is 2. The van der Waals surface area contributed by atoms with Gasteiger partial charge in [0, 0.05) is 5.69 Å². The van der Waals surface area contributed by atoms with Gasteiger partial charge in [0.25, 0.3) is 5.56 Å². The summed E-state index contributed by atoms with van der Waals surface area (Å²) in [6.45, 7) is 0. The van der Waals surface area contributed by atoms with Gasteiger partial charge in [0.05, 0.1) is 19.5 Å². The second-order valence-electron chi connectivity index (χ2n) is 7.29. The number of anilines is 2. The third-order valence-electron chi connectivity index (χ3n) is 5.33. The number of aromatic amines is 1. The molecule has 0 atom stereocenters. The molecule has 0 saturated heterocycles. The maximum Gasteiger partial charge on any atom is 0.281 e. The molecule has 2 aromatic heterocycles. The largest absolute Gasteiger partial charge is 0.497 e. The molecule has 0 bridgehead atoms. The molecule has 0 fully saturated rings. The zero-order chi connectivity index (χ0) is 21.9. The third kappa shape index (κ3) is 3.60. The lowest BCUT2D eigenvalue weighted by atomic mass is 9.98. The number of benzene rings is 3. The Morgan fingerprint density at radius 3 is 2.12 bits per heavy atom. The molecular formula is C25H21N5O2. The molecule has 0 radical (unpaired) electrons. The number of methoxy groups -OCH3 is 1. The number of imidazole rings is 1. The van der Waals surface area contributed by atoms with Crippen LogP contribution in [0.5, 0.6) is 5.75 Å². The van der Waals surface area contributed by atoms with Crippen molar-refractivity contribution in [2.75, 3.05) is 12.4 Å². The number of nitrogens with zero attached hydrogens (tertiary/aromatic N) is 3. The van der Waals surface area contributed by atoms with E-state index in [1.54, 1.807) is 11.7 Å². The Kier molecular flexibility index (Phi) is 5.13.